The van der Waals surface area contributed by atoms with Crippen molar-refractivity contribution >= 4 is 109 Å². The first-order valence-corrected chi connectivity index (χ1v) is 22.5. The molecule has 4 heteroatoms. The first kappa shape index (κ1) is 35.2. The summed E-state index contributed by atoms with van der Waals surface area (Å²) in [5.74, 6) is 0. The highest BCUT2D eigenvalue weighted by Gasteiger charge is 2.27. The van der Waals surface area contributed by atoms with E-state index in [0.29, 0.717) is 0 Å². The Morgan fingerprint density at radius 3 is 1.83 bits per heavy atom. The summed E-state index contributed by atoms with van der Waals surface area (Å²) >= 11 is 3.78. The smallest absolute Gasteiger partial charge is 0.0567 e. The quantitative estimate of drug-likeness (QED) is 0.158. The Morgan fingerprint density at radius 1 is 0.467 bits per heavy atom. The van der Waals surface area contributed by atoms with Gasteiger partial charge in [-0.1, -0.05) is 133 Å². The van der Waals surface area contributed by atoms with Gasteiger partial charge in [0.25, 0.3) is 0 Å². The molecule has 60 heavy (non-hydrogen) atoms. The van der Waals surface area contributed by atoms with Gasteiger partial charge in [0.05, 0.1) is 11.7 Å². The third-order valence-corrected chi connectivity index (χ3v) is 14.9. The minimum atomic E-state index is 0.179. The highest BCUT2D eigenvalue weighted by Crippen LogP contribution is 2.45. The van der Waals surface area contributed by atoms with Gasteiger partial charge in [0, 0.05) is 63.3 Å². The zero-order valence-electron chi connectivity index (χ0n) is 33.0. The molecule has 2 aliphatic carbocycles. The van der Waals surface area contributed by atoms with E-state index in [-0.39, 0.29) is 6.04 Å². The van der Waals surface area contributed by atoms with Crippen LogP contribution in [0.5, 0.6) is 0 Å². The molecule has 2 aliphatic rings. The third-order valence-electron chi connectivity index (χ3n) is 12.5. The van der Waals surface area contributed by atoms with Crippen molar-refractivity contribution in [2.75, 3.05) is 9.80 Å². The van der Waals surface area contributed by atoms with E-state index in [2.05, 4.69) is 210 Å². The molecule has 0 amide bonds. The normalized spacial score (nSPS) is 15.1. The van der Waals surface area contributed by atoms with Crippen molar-refractivity contribution in [3.8, 4) is 0 Å². The summed E-state index contributed by atoms with van der Waals surface area (Å²) in [6.07, 6.45) is 12.4. The maximum Gasteiger partial charge on any atom is 0.0567 e. The number of fused-ring (bicyclic) bond motifs is 8. The molecule has 0 radical (unpaired) electrons. The number of thiophene rings is 2. The fraction of sp³-hybridized carbons (Fsp3) is 0.0714. The number of anilines is 4. The van der Waals surface area contributed by atoms with Crippen LogP contribution in [0.1, 0.15) is 28.8 Å². The van der Waals surface area contributed by atoms with Gasteiger partial charge in [-0.05, 0) is 119 Å². The minimum absolute atomic E-state index is 0.179. The second-order valence-electron chi connectivity index (χ2n) is 15.9. The summed E-state index contributed by atoms with van der Waals surface area (Å²) in [5.41, 5.74) is 10.3. The van der Waals surface area contributed by atoms with Crippen molar-refractivity contribution in [2.24, 2.45) is 0 Å². The molecule has 2 heterocycles. The van der Waals surface area contributed by atoms with Crippen LogP contribution in [0.3, 0.4) is 0 Å². The van der Waals surface area contributed by atoms with E-state index in [9.17, 15) is 0 Å². The van der Waals surface area contributed by atoms with Crippen molar-refractivity contribution < 1.29 is 0 Å². The Balaban J connectivity index is 0.920. The lowest BCUT2D eigenvalue weighted by Gasteiger charge is -2.35. The summed E-state index contributed by atoms with van der Waals surface area (Å²) in [4.78, 5) is 6.46. The van der Waals surface area contributed by atoms with E-state index in [4.69, 9.17) is 0 Å². The number of hydrogen-bond donors (Lipinski definition) is 0. The molecule has 0 aliphatic heterocycles. The molecule has 0 saturated carbocycles. The van der Waals surface area contributed by atoms with Crippen LogP contribution in [0, 0.1) is 0 Å². The van der Waals surface area contributed by atoms with Crippen molar-refractivity contribution in [1.29, 1.82) is 0 Å². The summed E-state index contributed by atoms with van der Waals surface area (Å²) in [6.45, 7) is 0. The standard InChI is InChI=1S/C56H40N2S2/c1-3-15-45-39(11-1)13-9-19-51(45)57(43-31-33-55-49(35-43)47-17-5-7-21-53(47)59-55)41-27-23-37(24-28-41)38-25-29-42(30-26-38)58(52-20-10-14-40-12-2-4-16-46(40)52)44-32-34-56-50(36-44)48-18-6-8-22-54(48)60-56/h1-25,27-29,31-34,36,43H,26,30,35H2. The van der Waals surface area contributed by atoms with E-state index < -0.39 is 0 Å². The number of benzene rings is 8. The van der Waals surface area contributed by atoms with Crippen molar-refractivity contribution in [1.82, 2.24) is 0 Å². The van der Waals surface area contributed by atoms with Crippen molar-refractivity contribution in [2.45, 2.75) is 25.3 Å². The number of nitrogens with zero attached hydrogens (tertiary/aromatic N) is 2. The van der Waals surface area contributed by atoms with Gasteiger partial charge in [-0.2, -0.15) is 0 Å². The van der Waals surface area contributed by atoms with E-state index in [1.165, 1.54) is 102 Å². The molecule has 0 fully saturated rings. The number of hydrogen-bond acceptors (Lipinski definition) is 4. The Kier molecular flexibility index (Phi) is 8.53. The van der Waals surface area contributed by atoms with Crippen LogP contribution in [0.15, 0.2) is 200 Å². The zero-order valence-corrected chi connectivity index (χ0v) is 34.6. The Hall–Kier alpha value is -6.72. The fourth-order valence-corrected chi connectivity index (χ4v) is 11.9. The fourth-order valence-electron chi connectivity index (χ4n) is 9.65. The van der Waals surface area contributed by atoms with Crippen LogP contribution >= 0.6 is 22.7 Å². The van der Waals surface area contributed by atoms with Crippen LogP contribution in [-0.4, -0.2) is 6.04 Å². The Bertz CT molecular complexity index is 3370. The minimum Gasteiger partial charge on any atom is -0.334 e. The highest BCUT2D eigenvalue weighted by molar-refractivity contribution is 7.25. The Labute approximate surface area is 357 Å². The zero-order chi connectivity index (χ0) is 39.6. The van der Waals surface area contributed by atoms with Crippen LogP contribution < -0.4 is 9.80 Å². The summed E-state index contributed by atoms with van der Waals surface area (Å²) in [6, 6.07) is 65.2. The maximum atomic E-state index is 2.57. The summed E-state index contributed by atoms with van der Waals surface area (Å²) in [5, 5.41) is 9.06. The predicted octanol–water partition coefficient (Wildman–Crippen LogP) is 16.3. The van der Waals surface area contributed by atoms with Gasteiger partial charge in [0.1, 0.15) is 0 Å². The lowest BCUT2D eigenvalue weighted by atomic mass is 9.93. The molecule has 10 aromatic rings. The largest absolute Gasteiger partial charge is 0.334 e. The maximum absolute atomic E-state index is 2.57. The molecular weight excluding hydrogens is 765 g/mol. The lowest BCUT2D eigenvalue weighted by Crippen LogP contribution is -2.32. The third kappa shape index (κ3) is 5.98. The Morgan fingerprint density at radius 2 is 1.08 bits per heavy atom. The topological polar surface area (TPSA) is 6.48 Å². The average molecular weight is 805 g/mol. The first-order chi connectivity index (χ1) is 29.7. The molecule has 1 atom stereocenters. The van der Waals surface area contributed by atoms with Crippen LogP contribution in [-0.2, 0) is 6.42 Å². The lowest BCUT2D eigenvalue weighted by molar-refractivity contribution is 0.775. The van der Waals surface area contributed by atoms with Gasteiger partial charge in [0.2, 0.25) is 0 Å². The molecule has 0 N–H and O–H groups in total. The number of allylic oxidation sites excluding steroid dienone is 4. The molecule has 286 valence electrons. The van der Waals surface area contributed by atoms with Gasteiger partial charge >= 0.3 is 0 Å². The first-order valence-electron chi connectivity index (χ1n) is 20.9. The summed E-state index contributed by atoms with van der Waals surface area (Å²) in [7, 11) is 0. The van der Waals surface area contributed by atoms with Crippen LogP contribution in [0.2, 0.25) is 0 Å². The highest BCUT2D eigenvalue weighted by atomic mass is 32.1. The van der Waals surface area contributed by atoms with Gasteiger partial charge in [0.15, 0.2) is 0 Å². The van der Waals surface area contributed by atoms with E-state index in [1.807, 2.05) is 22.7 Å². The van der Waals surface area contributed by atoms with Gasteiger partial charge in [-0.15, -0.1) is 22.7 Å². The summed E-state index contributed by atoms with van der Waals surface area (Å²) < 4.78 is 4.02. The van der Waals surface area contributed by atoms with Gasteiger partial charge < -0.3 is 9.80 Å². The second kappa shape index (κ2) is 14.5. The molecule has 2 aromatic heterocycles. The van der Waals surface area contributed by atoms with Crippen molar-refractivity contribution in [3.63, 3.8) is 0 Å². The number of rotatable bonds is 7. The van der Waals surface area contributed by atoms with Gasteiger partial charge in [-0.3, -0.25) is 0 Å². The molecule has 12 rings (SSSR count). The monoisotopic (exact) mass is 804 g/mol. The predicted molar refractivity (Wildman–Crippen MR) is 262 cm³/mol. The SMILES string of the molecule is C1=CC(N(c2ccc(C3=CC=C(N(c4ccc5sc6ccccc6c5c4)c4cccc5ccccc45)CC3)cc2)c2cccc3ccccc23)Cc2c1sc1ccccc21. The van der Waals surface area contributed by atoms with Crippen LogP contribution in [0.25, 0.3) is 63.5 Å². The molecule has 2 nitrogen and oxygen atoms in total. The molecule has 0 bridgehead atoms. The van der Waals surface area contributed by atoms with E-state index >= 15 is 0 Å². The molecule has 1 unspecified atom stereocenters. The molecule has 8 aromatic carbocycles. The average Bonchev–Trinajstić information content (AvgIpc) is 3.88. The van der Waals surface area contributed by atoms with Crippen LogP contribution in [0.4, 0.5) is 22.7 Å². The van der Waals surface area contributed by atoms with Gasteiger partial charge in [-0.25, -0.2) is 0 Å². The molecular formula is C56H40N2S2. The van der Waals surface area contributed by atoms with Crippen molar-refractivity contribution in [3.05, 3.63) is 216 Å². The molecule has 0 saturated heterocycles. The van der Waals surface area contributed by atoms with E-state index in [1.54, 1.807) is 0 Å². The van der Waals surface area contributed by atoms with E-state index in [0.717, 1.165) is 19.3 Å². The molecule has 0 spiro atoms. The second-order valence-corrected chi connectivity index (χ2v) is 18.1.